The van der Waals surface area contributed by atoms with Crippen LogP contribution in [0.2, 0.25) is 0 Å². The second kappa shape index (κ2) is 6.97. The number of aliphatic hydroxyl groups is 1. The third kappa shape index (κ3) is 3.32. The van der Waals surface area contributed by atoms with Crippen molar-refractivity contribution >= 4 is 17.2 Å². The first-order valence-electron chi connectivity index (χ1n) is 8.18. The minimum absolute atomic E-state index is 0.102. The van der Waals surface area contributed by atoms with Gasteiger partial charge in [0.2, 0.25) is 0 Å². The fraction of sp³-hybridized carbons (Fsp3) is 0.471. The van der Waals surface area contributed by atoms with Crippen molar-refractivity contribution in [1.82, 2.24) is 14.0 Å². The normalized spacial score (nSPS) is 16.8. The molecule has 0 spiro atoms. The van der Waals surface area contributed by atoms with E-state index in [4.69, 9.17) is 0 Å². The highest BCUT2D eigenvalue weighted by Gasteiger charge is 2.30. The monoisotopic (exact) mass is 363 g/mol. The molecule has 3 heterocycles. The van der Waals surface area contributed by atoms with Crippen molar-refractivity contribution in [3.8, 4) is 0 Å². The Balaban J connectivity index is 1.72. The molecule has 3 rings (SSSR count). The largest absolute Gasteiger partial charge is 0.387 e. The summed E-state index contributed by atoms with van der Waals surface area (Å²) in [4.78, 5) is 39.1. The number of rotatable bonds is 3. The van der Waals surface area contributed by atoms with Crippen LogP contribution in [0.4, 0.5) is 0 Å². The molecule has 25 heavy (non-hydrogen) atoms. The highest BCUT2D eigenvalue weighted by Crippen LogP contribution is 2.33. The molecule has 1 aliphatic heterocycles. The summed E-state index contributed by atoms with van der Waals surface area (Å²) in [6.07, 6.45) is 0.860. The Labute approximate surface area is 148 Å². The molecule has 1 atom stereocenters. The standard InChI is InChI=1S/C17H21N3O4S/c1-18-12(10-14(21)19(2)17(18)24)16(23)20-7-5-11(6-8-20)15(22)13-4-3-9-25-13/h3-4,9-11,15,22H,5-8H2,1-2H3/t15-/m1/s1. The van der Waals surface area contributed by atoms with Crippen LogP contribution in [0, 0.1) is 5.92 Å². The second-order valence-corrected chi connectivity index (χ2v) is 7.34. The highest BCUT2D eigenvalue weighted by atomic mass is 32.1. The van der Waals surface area contributed by atoms with Gasteiger partial charge in [0.1, 0.15) is 5.69 Å². The number of aliphatic hydroxyl groups excluding tert-OH is 1. The quantitative estimate of drug-likeness (QED) is 0.871. The van der Waals surface area contributed by atoms with E-state index in [1.807, 2.05) is 17.5 Å². The van der Waals surface area contributed by atoms with Gasteiger partial charge in [0, 0.05) is 38.1 Å². The molecule has 1 fully saturated rings. The Bertz CT molecular complexity index is 876. The van der Waals surface area contributed by atoms with Crippen LogP contribution < -0.4 is 11.2 Å². The molecule has 0 aromatic carbocycles. The molecule has 2 aromatic rings. The van der Waals surface area contributed by atoms with Gasteiger partial charge in [0.15, 0.2) is 0 Å². The molecule has 1 amide bonds. The van der Waals surface area contributed by atoms with Gasteiger partial charge in [0.05, 0.1) is 6.10 Å². The van der Waals surface area contributed by atoms with Crippen LogP contribution in [-0.2, 0) is 14.1 Å². The summed E-state index contributed by atoms with van der Waals surface area (Å²) in [5.74, 6) is -0.212. The van der Waals surface area contributed by atoms with E-state index in [2.05, 4.69) is 0 Å². The van der Waals surface area contributed by atoms with Crippen LogP contribution in [0.3, 0.4) is 0 Å². The van der Waals surface area contributed by atoms with E-state index in [-0.39, 0.29) is 17.5 Å². The van der Waals surface area contributed by atoms with E-state index in [9.17, 15) is 19.5 Å². The van der Waals surface area contributed by atoms with Crippen LogP contribution in [0.5, 0.6) is 0 Å². The molecule has 1 saturated heterocycles. The fourth-order valence-electron chi connectivity index (χ4n) is 3.21. The van der Waals surface area contributed by atoms with Gasteiger partial charge in [-0.25, -0.2) is 4.79 Å². The van der Waals surface area contributed by atoms with E-state index < -0.39 is 17.4 Å². The van der Waals surface area contributed by atoms with Gasteiger partial charge < -0.3 is 10.0 Å². The van der Waals surface area contributed by atoms with Gasteiger partial charge in [-0.05, 0) is 30.2 Å². The van der Waals surface area contributed by atoms with Crippen LogP contribution in [0.1, 0.15) is 34.3 Å². The lowest BCUT2D eigenvalue weighted by atomic mass is 9.90. The van der Waals surface area contributed by atoms with E-state index in [0.29, 0.717) is 25.9 Å². The minimum Gasteiger partial charge on any atom is -0.387 e. The fourth-order valence-corrected chi connectivity index (χ4v) is 4.01. The van der Waals surface area contributed by atoms with Crippen LogP contribution in [0.15, 0.2) is 33.2 Å². The van der Waals surface area contributed by atoms with Crippen molar-refractivity contribution in [3.05, 3.63) is 55.0 Å². The molecular weight excluding hydrogens is 342 g/mol. The first-order chi connectivity index (χ1) is 11.9. The van der Waals surface area contributed by atoms with Crippen molar-refractivity contribution in [3.63, 3.8) is 0 Å². The van der Waals surface area contributed by atoms with Crippen LogP contribution >= 0.6 is 11.3 Å². The van der Waals surface area contributed by atoms with Crippen molar-refractivity contribution in [1.29, 1.82) is 0 Å². The van der Waals surface area contributed by atoms with Gasteiger partial charge in [-0.3, -0.25) is 18.7 Å². The topological polar surface area (TPSA) is 84.5 Å². The lowest BCUT2D eigenvalue weighted by Crippen LogP contribution is -2.45. The molecule has 1 aliphatic rings. The third-order valence-electron chi connectivity index (χ3n) is 4.85. The number of piperidine rings is 1. The molecule has 0 bridgehead atoms. The first-order valence-corrected chi connectivity index (χ1v) is 9.06. The predicted molar refractivity (Wildman–Crippen MR) is 94.8 cm³/mol. The maximum Gasteiger partial charge on any atom is 0.331 e. The predicted octanol–water partition coefficient (Wildman–Crippen LogP) is 0.731. The van der Waals surface area contributed by atoms with Gasteiger partial charge in [-0.1, -0.05) is 6.07 Å². The number of carbonyl (C=O) groups excluding carboxylic acids is 1. The summed E-state index contributed by atoms with van der Waals surface area (Å²) in [6, 6.07) is 5.04. The van der Waals surface area contributed by atoms with Gasteiger partial charge in [-0.2, -0.15) is 0 Å². The number of thiophene rings is 1. The number of aromatic nitrogens is 2. The van der Waals surface area contributed by atoms with Crippen molar-refractivity contribution in [2.24, 2.45) is 20.0 Å². The molecule has 8 heteroatoms. The van der Waals surface area contributed by atoms with Crippen molar-refractivity contribution in [2.75, 3.05) is 13.1 Å². The Morgan fingerprint density at radius 3 is 2.52 bits per heavy atom. The zero-order valence-corrected chi connectivity index (χ0v) is 15.0. The van der Waals surface area contributed by atoms with Gasteiger partial charge in [-0.15, -0.1) is 11.3 Å². The van der Waals surface area contributed by atoms with Gasteiger partial charge in [0.25, 0.3) is 11.5 Å². The molecule has 134 valence electrons. The van der Waals surface area contributed by atoms with Crippen molar-refractivity contribution in [2.45, 2.75) is 18.9 Å². The molecule has 0 aliphatic carbocycles. The van der Waals surface area contributed by atoms with E-state index >= 15 is 0 Å². The number of hydrogen-bond acceptors (Lipinski definition) is 5. The third-order valence-corrected chi connectivity index (χ3v) is 5.80. The van der Waals surface area contributed by atoms with Gasteiger partial charge >= 0.3 is 5.69 Å². The average Bonchev–Trinajstić information content (AvgIpc) is 3.16. The Morgan fingerprint density at radius 1 is 1.24 bits per heavy atom. The molecule has 0 radical (unpaired) electrons. The van der Waals surface area contributed by atoms with E-state index in [0.717, 1.165) is 9.44 Å². The van der Waals surface area contributed by atoms with Crippen LogP contribution in [0.25, 0.3) is 0 Å². The highest BCUT2D eigenvalue weighted by molar-refractivity contribution is 7.10. The zero-order chi connectivity index (χ0) is 18.1. The summed E-state index contributed by atoms with van der Waals surface area (Å²) in [6.45, 7) is 0.991. The Morgan fingerprint density at radius 2 is 1.92 bits per heavy atom. The summed E-state index contributed by atoms with van der Waals surface area (Å²) in [7, 11) is 2.87. The minimum atomic E-state index is -0.515. The second-order valence-electron chi connectivity index (χ2n) is 6.36. The van der Waals surface area contributed by atoms with E-state index in [1.165, 1.54) is 36.1 Å². The molecule has 2 aromatic heterocycles. The SMILES string of the molecule is Cn1c(C(=O)N2CCC([C@@H](O)c3cccs3)CC2)cc(=O)n(C)c1=O. The number of nitrogens with zero attached hydrogens (tertiary/aromatic N) is 3. The summed E-state index contributed by atoms with van der Waals surface area (Å²) >= 11 is 1.53. The number of carbonyl (C=O) groups is 1. The maximum absolute atomic E-state index is 12.7. The average molecular weight is 363 g/mol. The smallest absolute Gasteiger partial charge is 0.331 e. The van der Waals surface area contributed by atoms with Crippen LogP contribution in [-0.4, -0.2) is 38.1 Å². The first kappa shape index (κ1) is 17.6. The summed E-state index contributed by atoms with van der Waals surface area (Å²) in [5.41, 5.74) is -0.904. The van der Waals surface area contributed by atoms with E-state index in [1.54, 1.807) is 4.90 Å². The molecule has 7 nitrogen and oxygen atoms in total. The number of hydrogen-bond donors (Lipinski definition) is 1. The molecular formula is C17H21N3O4S. The summed E-state index contributed by atoms with van der Waals surface area (Å²) in [5, 5.41) is 12.4. The molecule has 0 unspecified atom stereocenters. The molecule has 1 N–H and O–H groups in total. The summed E-state index contributed by atoms with van der Waals surface area (Å²) < 4.78 is 2.18. The number of likely N-dealkylation sites (tertiary alicyclic amines) is 1. The maximum atomic E-state index is 12.7. The Hall–Kier alpha value is -2.19. The molecule has 0 saturated carbocycles. The number of amides is 1. The Kier molecular flexibility index (Phi) is 4.91. The lowest BCUT2D eigenvalue weighted by molar-refractivity contribution is 0.0466. The lowest BCUT2D eigenvalue weighted by Gasteiger charge is -2.34. The zero-order valence-electron chi connectivity index (χ0n) is 14.2. The van der Waals surface area contributed by atoms with Crippen molar-refractivity contribution < 1.29 is 9.90 Å².